The van der Waals surface area contributed by atoms with E-state index >= 15 is 0 Å². The molecular weight excluding hydrogens is 400 g/mol. The number of aliphatic carboxylic acids is 2. The van der Waals surface area contributed by atoms with Crippen LogP contribution >= 0.6 is 0 Å². The molecule has 1 rings (SSSR count). The zero-order valence-corrected chi connectivity index (χ0v) is 17.0. The van der Waals surface area contributed by atoms with Gasteiger partial charge in [0.05, 0.1) is 13.0 Å². The van der Waals surface area contributed by atoms with E-state index in [-0.39, 0.29) is 25.3 Å². The maximum atomic E-state index is 12.9. The smallest absolute Gasteiger partial charge is 0.326 e. The van der Waals surface area contributed by atoms with Gasteiger partial charge in [0, 0.05) is 6.54 Å². The van der Waals surface area contributed by atoms with Gasteiger partial charge in [-0.1, -0.05) is 13.8 Å². The minimum atomic E-state index is -1.48. The molecule has 0 aromatic rings. The van der Waals surface area contributed by atoms with Crippen molar-refractivity contribution in [2.45, 2.75) is 63.7 Å². The van der Waals surface area contributed by atoms with E-state index < -0.39 is 66.9 Å². The van der Waals surface area contributed by atoms with E-state index in [2.05, 4.69) is 10.6 Å². The number of carboxylic acid groups (broad SMARTS) is 2. The maximum absolute atomic E-state index is 12.9. The van der Waals surface area contributed by atoms with Crippen molar-refractivity contribution >= 4 is 29.7 Å². The van der Waals surface area contributed by atoms with E-state index in [4.69, 9.17) is 15.9 Å². The summed E-state index contributed by atoms with van der Waals surface area (Å²) in [7, 11) is 0. The highest BCUT2D eigenvalue weighted by Gasteiger charge is 2.39. The van der Waals surface area contributed by atoms with Crippen LogP contribution in [0.15, 0.2) is 0 Å². The van der Waals surface area contributed by atoms with Gasteiger partial charge < -0.3 is 36.6 Å². The predicted molar refractivity (Wildman–Crippen MR) is 103 cm³/mol. The molecule has 12 heteroatoms. The number of aliphatic hydroxyl groups excluding tert-OH is 1. The first-order valence-electron chi connectivity index (χ1n) is 9.70. The second-order valence-corrected chi connectivity index (χ2v) is 7.67. The van der Waals surface area contributed by atoms with Gasteiger partial charge in [0.2, 0.25) is 17.7 Å². The zero-order valence-electron chi connectivity index (χ0n) is 17.0. The van der Waals surface area contributed by atoms with Crippen LogP contribution in [0.25, 0.3) is 0 Å². The van der Waals surface area contributed by atoms with Crippen LogP contribution in [0, 0.1) is 5.92 Å². The van der Waals surface area contributed by atoms with Crippen LogP contribution in [0.4, 0.5) is 0 Å². The van der Waals surface area contributed by atoms with Crippen molar-refractivity contribution in [3.8, 4) is 0 Å². The van der Waals surface area contributed by atoms with Crippen LogP contribution < -0.4 is 16.4 Å². The molecule has 1 aliphatic rings. The Morgan fingerprint density at radius 3 is 2.23 bits per heavy atom. The Kier molecular flexibility index (Phi) is 9.66. The minimum Gasteiger partial charge on any atom is -0.481 e. The Bertz CT molecular complexity index is 669. The largest absolute Gasteiger partial charge is 0.481 e. The maximum Gasteiger partial charge on any atom is 0.326 e. The molecule has 1 aliphatic heterocycles. The number of nitrogens with one attached hydrogen (secondary N) is 2. The number of aliphatic hydroxyl groups is 1. The molecule has 0 saturated carbocycles. The third-order valence-electron chi connectivity index (χ3n) is 4.69. The monoisotopic (exact) mass is 430 g/mol. The normalized spacial score (nSPS) is 19.1. The van der Waals surface area contributed by atoms with E-state index in [1.54, 1.807) is 0 Å². The van der Waals surface area contributed by atoms with Crippen LogP contribution in [-0.2, 0) is 24.0 Å². The minimum absolute atomic E-state index is 0.0126. The highest BCUT2D eigenvalue weighted by molar-refractivity contribution is 5.96. The fraction of sp³-hybridized carbons (Fsp3) is 0.722. The van der Waals surface area contributed by atoms with E-state index in [1.165, 1.54) is 0 Å². The number of nitrogens with two attached hydrogens (primary N) is 1. The van der Waals surface area contributed by atoms with Gasteiger partial charge in [-0.2, -0.15) is 0 Å². The van der Waals surface area contributed by atoms with Crippen molar-refractivity contribution in [2.24, 2.45) is 11.7 Å². The topological polar surface area (TPSA) is 199 Å². The third-order valence-corrected chi connectivity index (χ3v) is 4.69. The van der Waals surface area contributed by atoms with E-state index in [0.29, 0.717) is 6.42 Å². The predicted octanol–water partition coefficient (Wildman–Crippen LogP) is -2.13. The number of carbonyl (C=O) groups is 5. The molecule has 0 aromatic heterocycles. The number of hydrogen-bond acceptors (Lipinski definition) is 7. The fourth-order valence-corrected chi connectivity index (χ4v) is 3.20. The molecule has 1 saturated heterocycles. The lowest BCUT2D eigenvalue weighted by Crippen LogP contribution is -2.57. The van der Waals surface area contributed by atoms with Crippen molar-refractivity contribution in [3.05, 3.63) is 0 Å². The highest BCUT2D eigenvalue weighted by atomic mass is 16.4. The van der Waals surface area contributed by atoms with Crippen molar-refractivity contribution in [1.82, 2.24) is 15.5 Å². The molecule has 4 atom stereocenters. The number of hydrogen-bond donors (Lipinski definition) is 6. The van der Waals surface area contributed by atoms with Crippen LogP contribution in [0.5, 0.6) is 0 Å². The molecule has 3 amide bonds. The summed E-state index contributed by atoms with van der Waals surface area (Å²) in [6.45, 7) is 3.07. The van der Waals surface area contributed by atoms with Crippen LogP contribution in [0.2, 0.25) is 0 Å². The van der Waals surface area contributed by atoms with Crippen molar-refractivity contribution in [1.29, 1.82) is 0 Å². The quantitative estimate of drug-likeness (QED) is 0.212. The van der Waals surface area contributed by atoms with Gasteiger partial charge in [0.15, 0.2) is 0 Å². The summed E-state index contributed by atoms with van der Waals surface area (Å²) >= 11 is 0. The molecule has 0 spiro atoms. The Morgan fingerprint density at radius 1 is 1.10 bits per heavy atom. The first kappa shape index (κ1) is 25.3. The molecule has 0 aliphatic carbocycles. The molecule has 1 heterocycles. The van der Waals surface area contributed by atoms with E-state index in [1.807, 2.05) is 13.8 Å². The zero-order chi connectivity index (χ0) is 23.0. The molecule has 4 unspecified atom stereocenters. The van der Waals surface area contributed by atoms with Gasteiger partial charge in [-0.15, -0.1) is 0 Å². The lowest BCUT2D eigenvalue weighted by Gasteiger charge is -2.29. The molecule has 7 N–H and O–H groups in total. The Balaban J connectivity index is 2.95. The molecule has 30 heavy (non-hydrogen) atoms. The average Bonchev–Trinajstić information content (AvgIpc) is 3.14. The summed E-state index contributed by atoms with van der Waals surface area (Å²) in [6, 6.07) is -4.91. The number of nitrogens with zero attached hydrogens (tertiary/aromatic N) is 1. The first-order valence-corrected chi connectivity index (χ1v) is 9.70. The molecule has 0 bridgehead atoms. The summed E-state index contributed by atoms with van der Waals surface area (Å²) in [5.74, 6) is -4.87. The number of rotatable bonds is 11. The Hall–Kier alpha value is -2.73. The van der Waals surface area contributed by atoms with Gasteiger partial charge in [0.1, 0.15) is 24.2 Å². The molecule has 1 fully saturated rings. The van der Waals surface area contributed by atoms with Crippen LogP contribution in [-0.4, -0.2) is 87.2 Å². The molecule has 170 valence electrons. The average molecular weight is 430 g/mol. The summed E-state index contributed by atoms with van der Waals surface area (Å²) in [5, 5.41) is 32.0. The van der Waals surface area contributed by atoms with Crippen molar-refractivity contribution in [3.63, 3.8) is 0 Å². The van der Waals surface area contributed by atoms with Crippen molar-refractivity contribution < 1.29 is 39.3 Å². The standard InChI is InChI=1S/C18H30N4O8/c1-9(2)6-12(18(29)30)21-16(27)13-4-3-5-22(13)17(28)11(7-14(24)25)20-15(26)10(19)8-23/h9-13,23H,3-8,19H2,1-2H3,(H,20,26)(H,21,27)(H,24,25)(H,29,30). The molecular formula is C18H30N4O8. The number of amides is 3. The third kappa shape index (κ3) is 7.26. The first-order chi connectivity index (χ1) is 14.0. The van der Waals surface area contributed by atoms with Gasteiger partial charge in [-0.3, -0.25) is 19.2 Å². The SMILES string of the molecule is CC(C)CC(NC(=O)C1CCCN1C(=O)C(CC(=O)O)NC(=O)C(N)CO)C(=O)O. The van der Waals surface area contributed by atoms with Gasteiger partial charge in [-0.05, 0) is 25.2 Å². The Morgan fingerprint density at radius 2 is 1.73 bits per heavy atom. The van der Waals surface area contributed by atoms with Crippen LogP contribution in [0.1, 0.15) is 39.5 Å². The lowest BCUT2D eigenvalue weighted by molar-refractivity contribution is -0.147. The van der Waals surface area contributed by atoms with Crippen LogP contribution in [0.3, 0.4) is 0 Å². The van der Waals surface area contributed by atoms with Gasteiger partial charge in [0.25, 0.3) is 0 Å². The molecule has 0 radical (unpaired) electrons. The molecule has 0 aromatic carbocycles. The second kappa shape index (κ2) is 11.5. The summed E-state index contributed by atoms with van der Waals surface area (Å²) < 4.78 is 0. The van der Waals surface area contributed by atoms with Gasteiger partial charge in [-0.25, -0.2) is 4.79 Å². The number of likely N-dealkylation sites (tertiary alicyclic amines) is 1. The summed E-state index contributed by atoms with van der Waals surface area (Å²) in [4.78, 5) is 61.1. The van der Waals surface area contributed by atoms with Crippen molar-refractivity contribution in [2.75, 3.05) is 13.2 Å². The van der Waals surface area contributed by atoms with Gasteiger partial charge >= 0.3 is 11.9 Å². The second-order valence-electron chi connectivity index (χ2n) is 7.67. The number of carboxylic acids is 2. The fourth-order valence-electron chi connectivity index (χ4n) is 3.20. The summed E-state index contributed by atoms with van der Waals surface area (Å²) in [6.07, 6.45) is 0.197. The lowest BCUT2D eigenvalue weighted by atomic mass is 10.0. The summed E-state index contributed by atoms with van der Waals surface area (Å²) in [5.41, 5.74) is 5.39. The Labute approximate surface area is 173 Å². The molecule has 12 nitrogen and oxygen atoms in total. The number of carbonyl (C=O) groups excluding carboxylic acids is 3. The van der Waals surface area contributed by atoms with E-state index in [0.717, 1.165) is 4.90 Å². The highest BCUT2D eigenvalue weighted by Crippen LogP contribution is 2.20. The van der Waals surface area contributed by atoms with E-state index in [9.17, 15) is 29.1 Å².